The summed E-state index contributed by atoms with van der Waals surface area (Å²) >= 11 is 3.33. The lowest BCUT2D eigenvalue weighted by Gasteiger charge is -2.46. The first kappa shape index (κ1) is 25.4. The Bertz CT molecular complexity index is 1140. The van der Waals surface area contributed by atoms with Gasteiger partial charge in [-0.15, -0.1) is 0 Å². The van der Waals surface area contributed by atoms with E-state index in [1.165, 1.54) is 10.6 Å². The predicted molar refractivity (Wildman–Crippen MR) is 145 cm³/mol. The molecule has 0 radical (unpaired) electrons. The molecule has 2 aliphatic rings. The molecule has 35 heavy (non-hydrogen) atoms. The number of piperidine rings is 1. The van der Waals surface area contributed by atoms with Gasteiger partial charge in [0.1, 0.15) is 4.60 Å². The standard InChI is InChI=1S/C25H34BrN7O2/c1-5-23(34)28-20-15-18(27-24-25(35)31(4)16-22(26)29-24)6-7-21(20)33-9-8-19(14-17(33)2)32-12-10-30(3)11-13-32/h5-7,15-17,19H,1,8-14H2,2-4H3,(H,27,29)(H,28,34). The van der Waals surface area contributed by atoms with Crippen LogP contribution in [0.15, 0.2) is 46.4 Å². The zero-order valence-electron chi connectivity index (χ0n) is 20.6. The number of rotatable bonds is 6. The van der Waals surface area contributed by atoms with Crippen LogP contribution in [0.4, 0.5) is 22.9 Å². The molecular formula is C25H34BrN7O2. The lowest BCUT2D eigenvalue weighted by molar-refractivity contribution is -0.111. The summed E-state index contributed by atoms with van der Waals surface area (Å²) in [7, 11) is 3.86. The number of aromatic nitrogens is 2. The topological polar surface area (TPSA) is 85.7 Å². The summed E-state index contributed by atoms with van der Waals surface area (Å²) in [5.41, 5.74) is 2.06. The molecule has 1 aromatic carbocycles. The maximum absolute atomic E-state index is 12.5. The van der Waals surface area contributed by atoms with Crippen molar-refractivity contribution < 1.29 is 4.79 Å². The molecule has 0 bridgehead atoms. The molecule has 2 aromatic rings. The highest BCUT2D eigenvalue weighted by Gasteiger charge is 2.31. The monoisotopic (exact) mass is 543 g/mol. The molecule has 2 atom stereocenters. The number of nitrogens with one attached hydrogen (secondary N) is 2. The molecule has 188 valence electrons. The molecule has 3 heterocycles. The number of amides is 1. The van der Waals surface area contributed by atoms with Gasteiger partial charge in [-0.3, -0.25) is 14.5 Å². The first-order valence-corrected chi connectivity index (χ1v) is 12.8. The summed E-state index contributed by atoms with van der Waals surface area (Å²) in [4.78, 5) is 36.4. The fraction of sp³-hybridized carbons (Fsp3) is 0.480. The Kier molecular flexibility index (Phi) is 7.93. The third-order valence-corrected chi connectivity index (χ3v) is 7.34. The Morgan fingerprint density at radius 2 is 1.94 bits per heavy atom. The van der Waals surface area contributed by atoms with Crippen LogP contribution in [0, 0.1) is 0 Å². The molecule has 4 rings (SSSR count). The van der Waals surface area contributed by atoms with Crippen LogP contribution < -0.4 is 21.1 Å². The number of carbonyl (C=O) groups is 1. The van der Waals surface area contributed by atoms with Crippen molar-refractivity contribution in [3.63, 3.8) is 0 Å². The number of piperazine rings is 1. The molecule has 2 aliphatic heterocycles. The second-order valence-electron chi connectivity index (χ2n) is 9.44. The van der Waals surface area contributed by atoms with Crippen LogP contribution in [0.25, 0.3) is 0 Å². The van der Waals surface area contributed by atoms with E-state index in [1.54, 1.807) is 13.2 Å². The smallest absolute Gasteiger partial charge is 0.293 e. The highest BCUT2D eigenvalue weighted by molar-refractivity contribution is 9.10. The van der Waals surface area contributed by atoms with Crippen LogP contribution in [0.3, 0.4) is 0 Å². The largest absolute Gasteiger partial charge is 0.367 e. The summed E-state index contributed by atoms with van der Waals surface area (Å²) in [6, 6.07) is 6.67. The van der Waals surface area contributed by atoms with Crippen LogP contribution in [-0.4, -0.2) is 77.1 Å². The fourth-order valence-electron chi connectivity index (χ4n) is 4.96. The molecule has 9 nitrogen and oxygen atoms in total. The first-order valence-electron chi connectivity index (χ1n) is 12.0. The number of hydrogen-bond acceptors (Lipinski definition) is 7. The Morgan fingerprint density at radius 1 is 1.20 bits per heavy atom. The number of nitrogens with zero attached hydrogens (tertiary/aromatic N) is 5. The van der Waals surface area contributed by atoms with Crippen molar-refractivity contribution in [1.82, 2.24) is 19.4 Å². The Hall–Kier alpha value is -2.69. The van der Waals surface area contributed by atoms with E-state index in [1.807, 2.05) is 18.2 Å². The van der Waals surface area contributed by atoms with Crippen molar-refractivity contribution in [2.75, 3.05) is 55.3 Å². The molecule has 2 unspecified atom stereocenters. The molecule has 1 amide bonds. The second kappa shape index (κ2) is 10.9. The minimum absolute atomic E-state index is 0.206. The zero-order chi connectivity index (χ0) is 25.1. The van der Waals surface area contributed by atoms with Crippen molar-refractivity contribution in [1.29, 1.82) is 0 Å². The molecule has 10 heteroatoms. The predicted octanol–water partition coefficient (Wildman–Crippen LogP) is 3.02. The third kappa shape index (κ3) is 5.94. The maximum Gasteiger partial charge on any atom is 0.293 e. The molecule has 0 aliphatic carbocycles. The van der Waals surface area contributed by atoms with Gasteiger partial charge >= 0.3 is 0 Å². The van der Waals surface area contributed by atoms with E-state index in [0.717, 1.165) is 51.3 Å². The minimum atomic E-state index is -0.278. The number of benzene rings is 1. The Balaban J connectivity index is 1.56. The van der Waals surface area contributed by atoms with Gasteiger partial charge in [0.05, 0.1) is 11.4 Å². The van der Waals surface area contributed by atoms with E-state index in [2.05, 4.69) is 66.8 Å². The molecule has 2 fully saturated rings. The van der Waals surface area contributed by atoms with Crippen molar-refractivity contribution >= 4 is 44.7 Å². The zero-order valence-corrected chi connectivity index (χ0v) is 22.2. The molecule has 2 saturated heterocycles. The van der Waals surface area contributed by atoms with Crippen LogP contribution >= 0.6 is 15.9 Å². The van der Waals surface area contributed by atoms with Crippen molar-refractivity contribution in [2.24, 2.45) is 7.05 Å². The maximum atomic E-state index is 12.5. The normalized spacial score (nSPS) is 21.5. The molecular weight excluding hydrogens is 510 g/mol. The highest BCUT2D eigenvalue weighted by atomic mass is 79.9. The van der Waals surface area contributed by atoms with Gasteiger partial charge in [0.25, 0.3) is 5.56 Å². The van der Waals surface area contributed by atoms with Crippen molar-refractivity contribution in [2.45, 2.75) is 31.8 Å². The fourth-order valence-corrected chi connectivity index (χ4v) is 5.44. The van der Waals surface area contributed by atoms with E-state index < -0.39 is 0 Å². The van der Waals surface area contributed by atoms with Crippen LogP contribution in [0.5, 0.6) is 0 Å². The summed E-state index contributed by atoms with van der Waals surface area (Å²) in [6.07, 6.45) is 5.04. The molecule has 0 saturated carbocycles. The third-order valence-electron chi connectivity index (χ3n) is 6.96. The van der Waals surface area contributed by atoms with Gasteiger partial charge in [-0.25, -0.2) is 4.98 Å². The van der Waals surface area contributed by atoms with Gasteiger partial charge < -0.3 is 25.0 Å². The number of likely N-dealkylation sites (N-methyl/N-ethyl adjacent to an activating group) is 1. The van der Waals surface area contributed by atoms with Gasteiger partial charge in [0.15, 0.2) is 5.82 Å². The van der Waals surface area contributed by atoms with Crippen LogP contribution in [0.2, 0.25) is 0 Å². The van der Waals surface area contributed by atoms with Gasteiger partial charge in [0.2, 0.25) is 5.91 Å². The van der Waals surface area contributed by atoms with Gasteiger partial charge in [-0.05, 0) is 67.0 Å². The summed E-state index contributed by atoms with van der Waals surface area (Å²) in [5.74, 6) is -0.0724. The average Bonchev–Trinajstić information content (AvgIpc) is 2.83. The quantitative estimate of drug-likeness (QED) is 0.541. The SMILES string of the molecule is C=CC(=O)Nc1cc(Nc2nc(Br)cn(C)c2=O)ccc1N1CCC(N2CCN(C)CC2)CC1C. The second-order valence-corrected chi connectivity index (χ2v) is 10.3. The van der Waals surface area contributed by atoms with Crippen LogP contribution in [-0.2, 0) is 11.8 Å². The minimum Gasteiger partial charge on any atom is -0.367 e. The Morgan fingerprint density at radius 3 is 2.63 bits per heavy atom. The summed E-state index contributed by atoms with van der Waals surface area (Å²) in [5, 5.41) is 6.05. The Labute approximate surface area is 214 Å². The molecule has 2 N–H and O–H groups in total. The summed E-state index contributed by atoms with van der Waals surface area (Å²) < 4.78 is 2.01. The number of anilines is 4. The molecule has 0 spiro atoms. The highest BCUT2D eigenvalue weighted by Crippen LogP contribution is 2.35. The number of halogens is 1. The van der Waals surface area contributed by atoms with E-state index in [0.29, 0.717) is 28.1 Å². The van der Waals surface area contributed by atoms with Crippen LogP contribution in [0.1, 0.15) is 19.8 Å². The van der Waals surface area contributed by atoms with E-state index in [-0.39, 0.29) is 17.3 Å². The average molecular weight is 544 g/mol. The van der Waals surface area contributed by atoms with Crippen molar-refractivity contribution in [3.05, 3.63) is 52.0 Å². The van der Waals surface area contributed by atoms with E-state index in [9.17, 15) is 9.59 Å². The number of aryl methyl sites for hydroxylation is 1. The van der Waals surface area contributed by atoms with Gasteiger partial charge in [-0.2, -0.15) is 0 Å². The van der Waals surface area contributed by atoms with E-state index in [4.69, 9.17) is 0 Å². The number of carbonyl (C=O) groups excluding carboxylic acids is 1. The summed E-state index contributed by atoms with van der Waals surface area (Å²) in [6.45, 7) is 11.2. The van der Waals surface area contributed by atoms with Crippen molar-refractivity contribution in [3.8, 4) is 0 Å². The van der Waals surface area contributed by atoms with Gasteiger partial charge in [-0.1, -0.05) is 6.58 Å². The molecule has 1 aromatic heterocycles. The first-order chi connectivity index (χ1) is 16.7. The number of hydrogen-bond donors (Lipinski definition) is 2. The lowest BCUT2D eigenvalue weighted by atomic mass is 9.95. The van der Waals surface area contributed by atoms with Gasteiger partial charge in [0, 0.05) is 63.7 Å². The lowest BCUT2D eigenvalue weighted by Crippen LogP contribution is -2.54. The van der Waals surface area contributed by atoms with E-state index >= 15 is 0 Å².